The molecule has 0 spiro atoms. The number of alkyl halides is 1. The van der Waals surface area contributed by atoms with Gasteiger partial charge in [0.25, 0.3) is 0 Å². The van der Waals surface area contributed by atoms with Gasteiger partial charge in [-0.3, -0.25) is 0 Å². The van der Waals surface area contributed by atoms with Crippen molar-refractivity contribution in [1.29, 1.82) is 0 Å². The standard InChI is InChI=1S/C16H21BrO/c1-16(8-6-13(17)10-16)11-15-14-5-3-2-4-12(14)7-9-18-15/h2-5,13,15H,6-11H2,1H3. The summed E-state index contributed by atoms with van der Waals surface area (Å²) in [6.07, 6.45) is 6.49. The predicted molar refractivity (Wildman–Crippen MR) is 78.1 cm³/mol. The Morgan fingerprint density at radius 3 is 3.00 bits per heavy atom. The van der Waals surface area contributed by atoms with Crippen molar-refractivity contribution in [3.8, 4) is 0 Å². The highest BCUT2D eigenvalue weighted by Crippen LogP contribution is 2.48. The van der Waals surface area contributed by atoms with Gasteiger partial charge in [-0.15, -0.1) is 0 Å². The SMILES string of the molecule is CC1(CC2OCCc3ccccc32)CCC(Br)C1. The summed E-state index contributed by atoms with van der Waals surface area (Å²) in [5.41, 5.74) is 3.37. The van der Waals surface area contributed by atoms with Crippen LogP contribution in [-0.2, 0) is 11.2 Å². The number of rotatable bonds is 2. The van der Waals surface area contributed by atoms with Crippen molar-refractivity contribution in [3.05, 3.63) is 35.4 Å². The highest BCUT2D eigenvalue weighted by atomic mass is 79.9. The number of fused-ring (bicyclic) bond motifs is 1. The Morgan fingerprint density at radius 2 is 2.22 bits per heavy atom. The first-order valence-corrected chi connectivity index (χ1v) is 7.91. The highest BCUT2D eigenvalue weighted by molar-refractivity contribution is 9.09. The largest absolute Gasteiger partial charge is 0.373 e. The maximum Gasteiger partial charge on any atom is 0.0832 e. The topological polar surface area (TPSA) is 9.23 Å². The van der Waals surface area contributed by atoms with Gasteiger partial charge in [0, 0.05) is 4.83 Å². The van der Waals surface area contributed by atoms with Crippen LogP contribution < -0.4 is 0 Å². The molecule has 3 atom stereocenters. The number of hydrogen-bond acceptors (Lipinski definition) is 1. The molecule has 1 aliphatic carbocycles. The second-order valence-electron chi connectivity index (χ2n) is 6.16. The van der Waals surface area contributed by atoms with Crippen LogP contribution in [0.5, 0.6) is 0 Å². The van der Waals surface area contributed by atoms with Crippen molar-refractivity contribution in [1.82, 2.24) is 0 Å². The Hall–Kier alpha value is -0.340. The Morgan fingerprint density at radius 1 is 1.39 bits per heavy atom. The Labute approximate surface area is 118 Å². The monoisotopic (exact) mass is 308 g/mol. The van der Waals surface area contributed by atoms with E-state index in [0.29, 0.717) is 16.3 Å². The molecule has 1 aromatic carbocycles. The van der Waals surface area contributed by atoms with Crippen molar-refractivity contribution >= 4 is 15.9 Å². The quantitative estimate of drug-likeness (QED) is 0.723. The van der Waals surface area contributed by atoms with Crippen LogP contribution in [0.3, 0.4) is 0 Å². The van der Waals surface area contributed by atoms with Gasteiger partial charge in [0.1, 0.15) is 0 Å². The summed E-state index contributed by atoms with van der Waals surface area (Å²) in [6, 6.07) is 8.80. The van der Waals surface area contributed by atoms with Gasteiger partial charge >= 0.3 is 0 Å². The highest BCUT2D eigenvalue weighted by Gasteiger charge is 2.37. The zero-order chi connectivity index (χ0) is 12.6. The summed E-state index contributed by atoms with van der Waals surface area (Å²) in [4.78, 5) is 0.710. The minimum Gasteiger partial charge on any atom is -0.373 e. The van der Waals surface area contributed by atoms with Gasteiger partial charge in [-0.05, 0) is 48.6 Å². The van der Waals surface area contributed by atoms with Crippen molar-refractivity contribution in [2.24, 2.45) is 5.41 Å². The lowest BCUT2D eigenvalue weighted by Gasteiger charge is -2.33. The van der Waals surface area contributed by atoms with Crippen LogP contribution in [0.4, 0.5) is 0 Å². The number of hydrogen-bond donors (Lipinski definition) is 0. The summed E-state index contributed by atoms with van der Waals surface area (Å²) < 4.78 is 6.05. The zero-order valence-electron chi connectivity index (χ0n) is 11.0. The second-order valence-corrected chi connectivity index (χ2v) is 7.46. The van der Waals surface area contributed by atoms with E-state index in [9.17, 15) is 0 Å². The van der Waals surface area contributed by atoms with E-state index in [1.54, 1.807) is 0 Å². The second kappa shape index (κ2) is 4.97. The summed E-state index contributed by atoms with van der Waals surface area (Å²) >= 11 is 3.77. The lowest BCUT2D eigenvalue weighted by molar-refractivity contribution is 0.00989. The molecule has 0 radical (unpaired) electrons. The van der Waals surface area contributed by atoms with E-state index in [1.807, 2.05) is 0 Å². The molecule has 2 heteroatoms. The van der Waals surface area contributed by atoms with Gasteiger partial charge in [-0.2, -0.15) is 0 Å². The van der Waals surface area contributed by atoms with Crippen molar-refractivity contribution < 1.29 is 4.74 Å². The smallest absolute Gasteiger partial charge is 0.0832 e. The van der Waals surface area contributed by atoms with E-state index in [4.69, 9.17) is 4.74 Å². The van der Waals surface area contributed by atoms with Crippen LogP contribution in [0.25, 0.3) is 0 Å². The van der Waals surface area contributed by atoms with E-state index in [0.717, 1.165) is 13.0 Å². The number of halogens is 1. The van der Waals surface area contributed by atoms with Gasteiger partial charge < -0.3 is 4.74 Å². The minimum atomic E-state index is 0.317. The molecular weight excluding hydrogens is 288 g/mol. The number of benzene rings is 1. The molecule has 1 nitrogen and oxygen atoms in total. The third kappa shape index (κ3) is 2.50. The van der Waals surface area contributed by atoms with Gasteiger partial charge in [0.2, 0.25) is 0 Å². The summed E-state index contributed by atoms with van der Waals surface area (Å²) in [5, 5.41) is 0. The maximum absolute atomic E-state index is 6.05. The molecule has 1 aromatic rings. The lowest BCUT2D eigenvalue weighted by atomic mass is 9.80. The van der Waals surface area contributed by atoms with E-state index in [-0.39, 0.29) is 0 Å². The maximum atomic E-state index is 6.05. The summed E-state index contributed by atoms with van der Waals surface area (Å²) in [5.74, 6) is 0. The fraction of sp³-hybridized carbons (Fsp3) is 0.625. The van der Waals surface area contributed by atoms with Gasteiger partial charge in [0.15, 0.2) is 0 Å². The van der Waals surface area contributed by atoms with Crippen molar-refractivity contribution in [2.75, 3.05) is 6.61 Å². The first kappa shape index (κ1) is 12.7. The molecule has 1 saturated carbocycles. The summed E-state index contributed by atoms with van der Waals surface area (Å²) in [6.45, 7) is 3.31. The van der Waals surface area contributed by atoms with E-state index < -0.39 is 0 Å². The van der Waals surface area contributed by atoms with Crippen LogP contribution in [0.1, 0.15) is 49.8 Å². The molecule has 1 heterocycles. The van der Waals surface area contributed by atoms with Crippen molar-refractivity contribution in [2.45, 2.75) is 50.0 Å². The average molecular weight is 309 g/mol. The van der Waals surface area contributed by atoms with Crippen molar-refractivity contribution in [3.63, 3.8) is 0 Å². The molecule has 3 rings (SSSR count). The van der Waals surface area contributed by atoms with Crippen LogP contribution >= 0.6 is 15.9 Å². The molecule has 3 unspecified atom stereocenters. The van der Waals surface area contributed by atoms with Crippen LogP contribution in [0.15, 0.2) is 24.3 Å². The third-order valence-electron chi connectivity index (χ3n) is 4.55. The van der Waals surface area contributed by atoms with E-state index in [2.05, 4.69) is 47.1 Å². The molecule has 0 bridgehead atoms. The Kier molecular flexibility index (Phi) is 3.50. The fourth-order valence-electron chi connectivity index (χ4n) is 3.52. The molecule has 98 valence electrons. The van der Waals surface area contributed by atoms with Gasteiger partial charge in [-0.1, -0.05) is 47.1 Å². The fourth-order valence-corrected chi connectivity index (χ4v) is 4.53. The average Bonchev–Trinajstić information content (AvgIpc) is 2.70. The molecule has 0 saturated heterocycles. The third-order valence-corrected chi connectivity index (χ3v) is 5.33. The predicted octanol–water partition coefficient (Wildman–Crippen LogP) is 4.64. The number of ether oxygens (including phenoxy) is 1. The van der Waals surface area contributed by atoms with Crippen LogP contribution in [0.2, 0.25) is 0 Å². The molecule has 0 aromatic heterocycles. The van der Waals surface area contributed by atoms with Gasteiger partial charge in [-0.25, -0.2) is 0 Å². The Bertz CT molecular complexity index is 431. The Balaban J connectivity index is 1.78. The first-order valence-electron chi connectivity index (χ1n) is 7.00. The molecule has 2 aliphatic rings. The first-order chi connectivity index (χ1) is 8.66. The minimum absolute atomic E-state index is 0.317. The van der Waals surface area contributed by atoms with Gasteiger partial charge in [0.05, 0.1) is 12.7 Å². The van der Waals surface area contributed by atoms with E-state index >= 15 is 0 Å². The summed E-state index contributed by atoms with van der Waals surface area (Å²) in [7, 11) is 0. The molecule has 1 fully saturated rings. The van der Waals surface area contributed by atoms with E-state index in [1.165, 1.54) is 36.8 Å². The normalized spacial score (nSPS) is 35.4. The molecule has 0 amide bonds. The van der Waals surface area contributed by atoms with Crippen LogP contribution in [0, 0.1) is 5.41 Å². The molecule has 18 heavy (non-hydrogen) atoms. The molecule has 0 N–H and O–H groups in total. The molecular formula is C16H21BrO. The van der Waals surface area contributed by atoms with Crippen LogP contribution in [-0.4, -0.2) is 11.4 Å². The molecule has 1 aliphatic heterocycles. The zero-order valence-corrected chi connectivity index (χ0v) is 12.6. The lowest BCUT2D eigenvalue weighted by Crippen LogP contribution is -2.23.